The number of fused-ring (bicyclic) bond motifs is 2. The van der Waals surface area contributed by atoms with Gasteiger partial charge in [-0.15, -0.1) is 6.58 Å². The van der Waals surface area contributed by atoms with Crippen LogP contribution < -0.4 is 14.8 Å². The lowest BCUT2D eigenvalue weighted by Gasteiger charge is -2.19. The Morgan fingerprint density at radius 3 is 2.68 bits per heavy atom. The van der Waals surface area contributed by atoms with Crippen molar-refractivity contribution in [2.75, 3.05) is 12.1 Å². The van der Waals surface area contributed by atoms with Crippen molar-refractivity contribution in [3.05, 3.63) is 65.9 Å². The monoisotopic (exact) mass is 418 g/mol. The van der Waals surface area contributed by atoms with Gasteiger partial charge < -0.3 is 19.8 Å². The van der Waals surface area contributed by atoms with Gasteiger partial charge in [-0.25, -0.2) is 0 Å². The molecular weight excluding hydrogens is 388 g/mol. The maximum Gasteiger partial charge on any atom is 0.235 e. The quantitative estimate of drug-likeness (QED) is 0.512. The second kappa shape index (κ2) is 6.91. The predicted octanol–water partition coefficient (Wildman–Crippen LogP) is 5.84. The highest BCUT2D eigenvalue weighted by atomic mass is 16.7. The van der Waals surface area contributed by atoms with Crippen LogP contribution in [0.5, 0.6) is 11.5 Å². The molecule has 0 spiro atoms. The molecule has 1 fully saturated rings. The molecule has 1 aromatic heterocycles. The van der Waals surface area contributed by atoms with E-state index in [0.717, 1.165) is 47.2 Å². The minimum Gasteiger partial charge on any atom is -0.454 e. The molecule has 1 amide bonds. The van der Waals surface area contributed by atoms with E-state index in [4.69, 9.17) is 9.47 Å². The molecule has 5 heteroatoms. The van der Waals surface area contributed by atoms with E-state index < -0.39 is 5.41 Å². The molecule has 2 heterocycles. The number of benzene rings is 2. The first-order valence-electron chi connectivity index (χ1n) is 10.8. The summed E-state index contributed by atoms with van der Waals surface area (Å²) >= 11 is 0. The van der Waals surface area contributed by atoms with Crippen molar-refractivity contribution < 1.29 is 15.7 Å². The molecule has 2 aliphatic rings. The van der Waals surface area contributed by atoms with Crippen LogP contribution >= 0.6 is 0 Å². The number of nitrogens with one attached hydrogen (secondary N) is 2. The average molecular weight is 419 g/mol. The lowest BCUT2D eigenvalue weighted by atomic mass is 9.88. The highest BCUT2D eigenvalue weighted by Crippen LogP contribution is 2.51. The lowest BCUT2D eigenvalue weighted by Crippen LogP contribution is -2.27. The summed E-state index contributed by atoms with van der Waals surface area (Å²) in [6.07, 6.45) is 4.38. The highest BCUT2D eigenvalue weighted by molar-refractivity contribution is 6.03. The molecule has 5 nitrogen and oxygen atoms in total. The van der Waals surface area contributed by atoms with Crippen molar-refractivity contribution in [1.29, 1.82) is 0 Å². The molecule has 0 radical (unpaired) electrons. The Balaban J connectivity index is 0.00000245. The van der Waals surface area contributed by atoms with Gasteiger partial charge in [-0.3, -0.25) is 4.79 Å². The molecule has 2 aromatic carbocycles. The van der Waals surface area contributed by atoms with E-state index in [1.807, 2.05) is 36.4 Å². The number of amides is 1. The molecule has 0 unspecified atom stereocenters. The van der Waals surface area contributed by atoms with Crippen LogP contribution in [0, 0.1) is 0 Å². The molecule has 0 bridgehead atoms. The van der Waals surface area contributed by atoms with E-state index in [-0.39, 0.29) is 19.5 Å². The van der Waals surface area contributed by atoms with Gasteiger partial charge in [0.05, 0.1) is 5.41 Å². The largest absolute Gasteiger partial charge is 0.454 e. The molecule has 0 atom stereocenters. The number of anilines is 1. The van der Waals surface area contributed by atoms with Gasteiger partial charge >= 0.3 is 0 Å². The number of H-pyrrole nitrogens is 1. The fourth-order valence-corrected chi connectivity index (χ4v) is 4.54. The number of hydrogen-bond donors (Lipinski definition) is 2. The van der Waals surface area contributed by atoms with Gasteiger partial charge in [0.15, 0.2) is 11.5 Å². The summed E-state index contributed by atoms with van der Waals surface area (Å²) in [5.41, 5.74) is 4.84. The standard InChI is InChI=1S/C26H28N2O3.H2/c1-5-6-18-19-14-17(8-9-20(19)28-23(18)25(2,3)4)27-24(29)26(11-12-26)16-7-10-21-22(13-16)31-15-30-21;/h5,7-10,13-14,28H,1,6,11-12,15H2,2-4H3,(H,27,29);1H. The first kappa shape index (κ1) is 19.7. The van der Waals surface area contributed by atoms with Gasteiger partial charge in [0.2, 0.25) is 12.7 Å². The van der Waals surface area contributed by atoms with Crippen molar-refractivity contribution >= 4 is 22.5 Å². The van der Waals surface area contributed by atoms with Crippen molar-refractivity contribution in [3.63, 3.8) is 0 Å². The topological polar surface area (TPSA) is 63.4 Å². The van der Waals surface area contributed by atoms with Gasteiger partial charge in [-0.2, -0.15) is 0 Å². The van der Waals surface area contributed by atoms with Crippen LogP contribution in [0.4, 0.5) is 5.69 Å². The average Bonchev–Trinajstić information content (AvgIpc) is 3.27. The zero-order valence-corrected chi connectivity index (χ0v) is 18.3. The van der Waals surface area contributed by atoms with Crippen molar-refractivity contribution in [1.82, 2.24) is 4.98 Å². The van der Waals surface area contributed by atoms with Gasteiger partial charge in [0, 0.05) is 29.1 Å². The number of carbonyl (C=O) groups excluding carboxylic acids is 1. The van der Waals surface area contributed by atoms with Crippen LogP contribution in [0.2, 0.25) is 0 Å². The zero-order valence-electron chi connectivity index (χ0n) is 18.3. The Morgan fingerprint density at radius 1 is 1.19 bits per heavy atom. The van der Waals surface area contributed by atoms with E-state index in [9.17, 15) is 4.79 Å². The Labute approximate surface area is 183 Å². The molecule has 31 heavy (non-hydrogen) atoms. The zero-order chi connectivity index (χ0) is 21.8. The molecule has 3 aromatic rings. The number of ether oxygens (including phenoxy) is 2. The van der Waals surface area contributed by atoms with Crippen molar-refractivity contribution in [3.8, 4) is 11.5 Å². The van der Waals surface area contributed by atoms with Gasteiger partial charge in [-0.05, 0) is 60.7 Å². The lowest BCUT2D eigenvalue weighted by molar-refractivity contribution is -0.118. The smallest absolute Gasteiger partial charge is 0.235 e. The van der Waals surface area contributed by atoms with E-state index in [1.54, 1.807) is 0 Å². The van der Waals surface area contributed by atoms with Crippen LogP contribution in [0.25, 0.3) is 10.9 Å². The van der Waals surface area contributed by atoms with Crippen LogP contribution in [0.3, 0.4) is 0 Å². The number of allylic oxidation sites excluding steroid dienone is 1. The normalized spacial score (nSPS) is 16.4. The third-order valence-corrected chi connectivity index (χ3v) is 6.37. The fourth-order valence-electron chi connectivity index (χ4n) is 4.54. The number of aromatic amines is 1. The second-order valence-electron chi connectivity index (χ2n) is 9.59. The Kier molecular flexibility index (Phi) is 4.40. The summed E-state index contributed by atoms with van der Waals surface area (Å²) in [6.45, 7) is 10.8. The van der Waals surface area contributed by atoms with E-state index in [2.05, 4.69) is 43.7 Å². The summed E-state index contributed by atoms with van der Waals surface area (Å²) in [7, 11) is 0. The molecule has 162 valence electrons. The molecule has 1 aliphatic carbocycles. The summed E-state index contributed by atoms with van der Waals surface area (Å²) in [6, 6.07) is 11.9. The van der Waals surface area contributed by atoms with Gasteiger partial charge in [0.25, 0.3) is 0 Å². The molecule has 1 aliphatic heterocycles. The summed E-state index contributed by atoms with van der Waals surface area (Å²) < 4.78 is 10.9. The summed E-state index contributed by atoms with van der Waals surface area (Å²) in [4.78, 5) is 16.9. The molecule has 2 N–H and O–H groups in total. The Hall–Kier alpha value is -3.21. The number of aromatic nitrogens is 1. The Morgan fingerprint density at radius 2 is 1.97 bits per heavy atom. The minimum atomic E-state index is -0.491. The van der Waals surface area contributed by atoms with E-state index in [0.29, 0.717) is 5.75 Å². The molecular formula is C26H30N2O3. The van der Waals surface area contributed by atoms with Crippen LogP contribution in [-0.2, 0) is 22.0 Å². The number of rotatable bonds is 5. The fraction of sp³-hybridized carbons (Fsp3) is 0.346. The number of hydrogen-bond acceptors (Lipinski definition) is 3. The van der Waals surface area contributed by atoms with Crippen LogP contribution in [0.15, 0.2) is 49.1 Å². The maximum atomic E-state index is 13.3. The first-order chi connectivity index (χ1) is 14.8. The molecule has 1 saturated carbocycles. The van der Waals surface area contributed by atoms with Crippen LogP contribution in [-0.4, -0.2) is 17.7 Å². The third-order valence-electron chi connectivity index (χ3n) is 6.37. The predicted molar refractivity (Wildman–Crippen MR) is 125 cm³/mol. The van der Waals surface area contributed by atoms with Gasteiger partial charge in [-0.1, -0.05) is 32.9 Å². The minimum absolute atomic E-state index is 0. The number of carbonyl (C=O) groups is 1. The molecule has 5 rings (SSSR count). The third kappa shape index (κ3) is 3.29. The first-order valence-corrected chi connectivity index (χ1v) is 10.8. The van der Waals surface area contributed by atoms with E-state index >= 15 is 0 Å². The summed E-state index contributed by atoms with van der Waals surface area (Å²) in [5.74, 6) is 1.49. The van der Waals surface area contributed by atoms with Crippen molar-refractivity contribution in [2.24, 2.45) is 0 Å². The van der Waals surface area contributed by atoms with E-state index in [1.165, 1.54) is 11.3 Å². The SMILES string of the molecule is C=CCc1c(C(C)(C)C)[nH]c2ccc(NC(=O)C3(c4ccc5c(c4)OCO5)CC3)cc12.[HH]. The van der Waals surface area contributed by atoms with Gasteiger partial charge in [0.1, 0.15) is 0 Å². The van der Waals surface area contributed by atoms with Crippen LogP contribution in [0.1, 0.15) is 51.9 Å². The highest BCUT2D eigenvalue weighted by Gasteiger charge is 2.51. The van der Waals surface area contributed by atoms with Crippen molar-refractivity contribution in [2.45, 2.75) is 50.9 Å². The Bertz CT molecular complexity index is 1200. The molecule has 0 saturated heterocycles. The maximum absolute atomic E-state index is 13.3. The summed E-state index contributed by atoms with van der Waals surface area (Å²) in [5, 5.41) is 4.30. The second-order valence-corrected chi connectivity index (χ2v) is 9.59.